The summed E-state index contributed by atoms with van der Waals surface area (Å²) >= 11 is 0. The van der Waals surface area contributed by atoms with Gasteiger partial charge in [0.05, 0.1) is 4.90 Å². The molecule has 1 saturated carbocycles. The number of hydrogen-bond donors (Lipinski definition) is 1. The van der Waals surface area contributed by atoms with E-state index in [0.717, 1.165) is 32.1 Å². The summed E-state index contributed by atoms with van der Waals surface area (Å²) in [6, 6.07) is 6.61. The van der Waals surface area contributed by atoms with Crippen LogP contribution in [0.5, 0.6) is 0 Å². The van der Waals surface area contributed by atoms with Gasteiger partial charge in [-0.3, -0.25) is 4.79 Å². The van der Waals surface area contributed by atoms with E-state index in [1.165, 1.54) is 0 Å². The molecular formula is C19H28N2O3S. The summed E-state index contributed by atoms with van der Waals surface area (Å²) in [5, 5.41) is 3.03. The van der Waals surface area contributed by atoms with Crippen molar-refractivity contribution in [3.63, 3.8) is 0 Å². The Hall–Kier alpha value is -1.40. The number of rotatable bonds is 4. The van der Waals surface area contributed by atoms with E-state index in [4.69, 9.17) is 0 Å². The number of benzene rings is 1. The van der Waals surface area contributed by atoms with Crippen molar-refractivity contribution in [2.75, 3.05) is 13.1 Å². The largest absolute Gasteiger partial charge is 0.349 e. The third kappa shape index (κ3) is 4.23. The molecule has 0 aromatic heterocycles. The minimum atomic E-state index is -3.49. The van der Waals surface area contributed by atoms with Crippen LogP contribution in [-0.2, 0) is 10.0 Å². The van der Waals surface area contributed by atoms with Gasteiger partial charge in [0.15, 0.2) is 0 Å². The molecule has 2 aliphatic rings. The lowest BCUT2D eigenvalue weighted by Gasteiger charge is -2.34. The first-order valence-corrected chi connectivity index (χ1v) is 10.7. The molecule has 0 radical (unpaired) electrons. The topological polar surface area (TPSA) is 66.5 Å². The molecule has 0 bridgehead atoms. The van der Waals surface area contributed by atoms with Crippen molar-refractivity contribution >= 4 is 15.9 Å². The number of carbonyl (C=O) groups excluding carboxylic acids is 1. The second kappa shape index (κ2) is 7.46. The Labute approximate surface area is 150 Å². The third-order valence-electron chi connectivity index (χ3n) is 5.28. The van der Waals surface area contributed by atoms with Crippen LogP contribution in [0.3, 0.4) is 0 Å². The fourth-order valence-electron chi connectivity index (χ4n) is 4.07. The van der Waals surface area contributed by atoms with Gasteiger partial charge in [0.2, 0.25) is 10.0 Å². The van der Waals surface area contributed by atoms with Gasteiger partial charge in [-0.1, -0.05) is 26.7 Å². The van der Waals surface area contributed by atoms with E-state index >= 15 is 0 Å². The lowest BCUT2D eigenvalue weighted by Crippen LogP contribution is -2.42. The number of sulfonamides is 1. The SMILES string of the molecule is CC1CC(C)CN(S(=O)(=O)c2ccc(C(=O)NC3CCCC3)cc2)C1. The van der Waals surface area contributed by atoms with Crippen LogP contribution >= 0.6 is 0 Å². The number of nitrogens with one attached hydrogen (secondary N) is 1. The minimum Gasteiger partial charge on any atom is -0.349 e. The zero-order valence-electron chi connectivity index (χ0n) is 15.1. The Morgan fingerprint density at radius 1 is 1.04 bits per heavy atom. The summed E-state index contributed by atoms with van der Waals surface area (Å²) < 4.78 is 27.3. The minimum absolute atomic E-state index is 0.115. The van der Waals surface area contributed by atoms with E-state index in [9.17, 15) is 13.2 Å². The molecule has 1 aliphatic carbocycles. The van der Waals surface area contributed by atoms with E-state index in [2.05, 4.69) is 19.2 Å². The predicted octanol–water partition coefficient (Wildman–Crippen LogP) is 3.03. The van der Waals surface area contributed by atoms with Crippen LogP contribution in [0.1, 0.15) is 56.3 Å². The molecule has 25 heavy (non-hydrogen) atoms. The Kier molecular flexibility index (Phi) is 5.49. The Morgan fingerprint density at radius 3 is 2.16 bits per heavy atom. The molecule has 1 N–H and O–H groups in total. The van der Waals surface area contributed by atoms with Crippen LogP contribution in [0, 0.1) is 11.8 Å². The van der Waals surface area contributed by atoms with Gasteiger partial charge in [0.1, 0.15) is 0 Å². The van der Waals surface area contributed by atoms with Crippen molar-refractivity contribution in [1.29, 1.82) is 0 Å². The zero-order chi connectivity index (χ0) is 18.0. The molecule has 3 rings (SSSR count). The van der Waals surface area contributed by atoms with Gasteiger partial charge in [0.25, 0.3) is 5.91 Å². The molecule has 1 aliphatic heterocycles. The first kappa shape index (κ1) is 18.4. The van der Waals surface area contributed by atoms with Gasteiger partial charge in [-0.25, -0.2) is 8.42 Å². The quantitative estimate of drug-likeness (QED) is 0.893. The lowest BCUT2D eigenvalue weighted by atomic mass is 9.94. The molecule has 6 heteroatoms. The van der Waals surface area contributed by atoms with E-state index in [-0.39, 0.29) is 16.8 Å². The highest BCUT2D eigenvalue weighted by atomic mass is 32.2. The highest BCUT2D eigenvalue weighted by Crippen LogP contribution is 2.27. The van der Waals surface area contributed by atoms with Crippen molar-refractivity contribution in [2.45, 2.75) is 56.9 Å². The molecule has 1 saturated heterocycles. The Balaban J connectivity index is 1.71. The molecule has 1 amide bonds. The van der Waals surface area contributed by atoms with Gasteiger partial charge in [0, 0.05) is 24.7 Å². The van der Waals surface area contributed by atoms with Crippen molar-refractivity contribution in [3.8, 4) is 0 Å². The summed E-state index contributed by atoms with van der Waals surface area (Å²) in [7, 11) is -3.49. The summed E-state index contributed by atoms with van der Waals surface area (Å²) in [4.78, 5) is 12.5. The summed E-state index contributed by atoms with van der Waals surface area (Å²) in [5.74, 6) is 0.626. The van der Waals surface area contributed by atoms with Crippen molar-refractivity contribution in [1.82, 2.24) is 9.62 Å². The van der Waals surface area contributed by atoms with Crippen molar-refractivity contribution in [3.05, 3.63) is 29.8 Å². The van der Waals surface area contributed by atoms with Crippen molar-refractivity contribution < 1.29 is 13.2 Å². The number of nitrogens with zero attached hydrogens (tertiary/aromatic N) is 1. The molecule has 2 fully saturated rings. The van der Waals surface area contributed by atoms with Gasteiger partial charge in [-0.05, 0) is 55.4 Å². The molecule has 5 nitrogen and oxygen atoms in total. The molecule has 1 aromatic rings. The number of carbonyl (C=O) groups is 1. The Bertz CT molecular complexity index is 699. The lowest BCUT2D eigenvalue weighted by molar-refractivity contribution is 0.0938. The zero-order valence-corrected chi connectivity index (χ0v) is 15.9. The normalized spacial score (nSPS) is 25.8. The number of piperidine rings is 1. The van der Waals surface area contributed by atoms with Gasteiger partial charge < -0.3 is 5.32 Å². The number of amides is 1. The average molecular weight is 365 g/mol. The molecule has 2 atom stereocenters. The van der Waals surface area contributed by atoms with Crippen LogP contribution < -0.4 is 5.32 Å². The summed E-state index contributed by atoms with van der Waals surface area (Å²) in [6.07, 6.45) is 5.45. The van der Waals surface area contributed by atoms with Gasteiger partial charge in [-0.2, -0.15) is 4.31 Å². The van der Waals surface area contributed by atoms with Crippen LogP contribution in [0.4, 0.5) is 0 Å². The number of hydrogen-bond acceptors (Lipinski definition) is 3. The molecule has 0 spiro atoms. The van der Waals surface area contributed by atoms with Crippen molar-refractivity contribution in [2.24, 2.45) is 11.8 Å². The third-order valence-corrected chi connectivity index (χ3v) is 7.13. The molecule has 2 unspecified atom stereocenters. The fraction of sp³-hybridized carbons (Fsp3) is 0.632. The van der Waals surface area contributed by atoms with Gasteiger partial charge in [-0.15, -0.1) is 0 Å². The fourth-order valence-corrected chi connectivity index (χ4v) is 5.75. The monoisotopic (exact) mass is 364 g/mol. The smallest absolute Gasteiger partial charge is 0.251 e. The summed E-state index contributed by atoms with van der Waals surface area (Å²) in [5.41, 5.74) is 0.520. The van der Waals surface area contributed by atoms with Crippen LogP contribution in [0.15, 0.2) is 29.2 Å². The Morgan fingerprint density at radius 2 is 1.60 bits per heavy atom. The maximum absolute atomic E-state index is 12.9. The molecular weight excluding hydrogens is 336 g/mol. The van der Waals surface area contributed by atoms with Gasteiger partial charge >= 0.3 is 0 Å². The van der Waals surface area contributed by atoms with E-state index in [1.807, 2.05) is 0 Å². The highest BCUT2D eigenvalue weighted by molar-refractivity contribution is 7.89. The first-order chi connectivity index (χ1) is 11.9. The van der Waals surface area contributed by atoms with Crippen LogP contribution in [0.2, 0.25) is 0 Å². The maximum Gasteiger partial charge on any atom is 0.251 e. The maximum atomic E-state index is 12.9. The van der Waals surface area contributed by atoms with Crippen LogP contribution in [0.25, 0.3) is 0 Å². The second-order valence-corrected chi connectivity index (χ2v) is 9.69. The van der Waals surface area contributed by atoms with E-state index in [1.54, 1.807) is 28.6 Å². The highest BCUT2D eigenvalue weighted by Gasteiger charge is 2.31. The summed E-state index contributed by atoms with van der Waals surface area (Å²) in [6.45, 7) is 5.32. The second-order valence-electron chi connectivity index (χ2n) is 7.75. The molecule has 138 valence electrons. The average Bonchev–Trinajstić information content (AvgIpc) is 3.07. The first-order valence-electron chi connectivity index (χ1n) is 9.27. The van der Waals surface area contributed by atoms with Crippen LogP contribution in [-0.4, -0.2) is 37.8 Å². The standard InChI is InChI=1S/C19H28N2O3S/c1-14-11-15(2)13-21(12-14)25(23,24)18-9-7-16(8-10-18)19(22)20-17-5-3-4-6-17/h7-10,14-15,17H,3-6,11-13H2,1-2H3,(H,20,22). The molecule has 1 heterocycles. The predicted molar refractivity (Wildman–Crippen MR) is 97.9 cm³/mol. The van der Waals surface area contributed by atoms with E-state index in [0.29, 0.717) is 30.5 Å². The van der Waals surface area contributed by atoms with E-state index < -0.39 is 10.0 Å². The molecule has 1 aromatic carbocycles.